The molecule has 0 unspecified atom stereocenters. The number of thioether (sulfide) groups is 1. The van der Waals surface area contributed by atoms with Gasteiger partial charge in [0.1, 0.15) is 11.4 Å². The summed E-state index contributed by atoms with van der Waals surface area (Å²) in [4.78, 5) is 12.6. The Morgan fingerprint density at radius 2 is 2.20 bits per heavy atom. The number of benzene rings is 1. The van der Waals surface area contributed by atoms with Crippen molar-refractivity contribution < 1.29 is 9.53 Å². The first-order chi connectivity index (χ1) is 12.1. The monoisotopic (exact) mass is 360 g/mol. The van der Waals surface area contributed by atoms with E-state index in [1.165, 1.54) is 0 Å². The third-order valence-electron chi connectivity index (χ3n) is 4.52. The van der Waals surface area contributed by atoms with Crippen LogP contribution in [-0.2, 0) is 11.3 Å². The molecule has 1 saturated carbocycles. The van der Waals surface area contributed by atoms with Gasteiger partial charge < -0.3 is 15.8 Å². The van der Waals surface area contributed by atoms with E-state index in [0.29, 0.717) is 24.5 Å². The third kappa shape index (κ3) is 3.82. The lowest BCUT2D eigenvalue weighted by Gasteiger charge is -2.43. The molecule has 1 amide bonds. The Bertz CT molecular complexity index is 719. The van der Waals surface area contributed by atoms with Gasteiger partial charge >= 0.3 is 0 Å². The van der Waals surface area contributed by atoms with Crippen molar-refractivity contribution in [3.63, 3.8) is 0 Å². The minimum Gasteiger partial charge on any atom is -0.383 e. The van der Waals surface area contributed by atoms with Crippen LogP contribution in [0.4, 0.5) is 5.82 Å². The number of carbonyl (C=O) groups is 1. The molecule has 0 aliphatic heterocycles. The first kappa shape index (κ1) is 17.8. The van der Waals surface area contributed by atoms with Crippen LogP contribution in [0, 0.1) is 0 Å². The quantitative estimate of drug-likeness (QED) is 0.791. The van der Waals surface area contributed by atoms with E-state index in [0.717, 1.165) is 12.0 Å². The van der Waals surface area contributed by atoms with Crippen molar-refractivity contribution in [1.82, 2.24) is 15.1 Å². The zero-order chi connectivity index (χ0) is 17.8. The highest BCUT2D eigenvalue weighted by molar-refractivity contribution is 7.99. The molecule has 1 heterocycles. The fraction of sp³-hybridized carbons (Fsp3) is 0.444. The maximum absolute atomic E-state index is 12.6. The van der Waals surface area contributed by atoms with Crippen LogP contribution in [0.1, 0.15) is 29.3 Å². The van der Waals surface area contributed by atoms with Gasteiger partial charge in [-0.3, -0.25) is 4.79 Å². The topological polar surface area (TPSA) is 82.2 Å². The zero-order valence-corrected chi connectivity index (χ0v) is 15.3. The third-order valence-corrected chi connectivity index (χ3v) is 5.70. The highest BCUT2D eigenvalue weighted by Crippen LogP contribution is 2.33. The summed E-state index contributed by atoms with van der Waals surface area (Å²) in [6, 6.07) is 10.0. The number of carbonyl (C=O) groups excluding carboxylic acids is 1. The Labute approximate surface area is 152 Å². The summed E-state index contributed by atoms with van der Waals surface area (Å²) in [5, 5.41) is 7.62. The highest BCUT2D eigenvalue weighted by atomic mass is 32.2. The molecule has 0 saturated heterocycles. The number of nitrogens with one attached hydrogen (secondary N) is 1. The van der Waals surface area contributed by atoms with Gasteiger partial charge in [-0.05, 0) is 25.2 Å². The number of nitrogens with zero attached hydrogens (tertiary/aromatic N) is 2. The first-order valence-electron chi connectivity index (χ1n) is 8.44. The lowest BCUT2D eigenvalue weighted by Crippen LogP contribution is -2.58. The average Bonchev–Trinajstić information content (AvgIpc) is 2.96. The van der Waals surface area contributed by atoms with E-state index in [-0.39, 0.29) is 23.3 Å². The molecule has 0 radical (unpaired) electrons. The van der Waals surface area contributed by atoms with E-state index in [4.69, 9.17) is 10.5 Å². The Morgan fingerprint density at radius 1 is 1.44 bits per heavy atom. The molecular weight excluding hydrogens is 336 g/mol. The molecule has 1 aromatic heterocycles. The molecular formula is C18H24N4O2S. The molecule has 2 aromatic rings. The number of rotatable bonds is 7. The molecule has 25 heavy (non-hydrogen) atoms. The van der Waals surface area contributed by atoms with Gasteiger partial charge in [0.05, 0.1) is 24.1 Å². The van der Waals surface area contributed by atoms with Crippen LogP contribution in [-0.4, -0.2) is 45.9 Å². The summed E-state index contributed by atoms with van der Waals surface area (Å²) in [5.41, 5.74) is 7.65. The summed E-state index contributed by atoms with van der Waals surface area (Å²) in [7, 11) is 0. The number of nitrogen functional groups attached to an aromatic ring is 1. The van der Waals surface area contributed by atoms with Gasteiger partial charge in [-0.2, -0.15) is 16.9 Å². The normalized spacial score (nSPS) is 22.4. The van der Waals surface area contributed by atoms with E-state index in [9.17, 15) is 4.79 Å². The van der Waals surface area contributed by atoms with Gasteiger partial charge in [0.2, 0.25) is 0 Å². The number of amides is 1. The van der Waals surface area contributed by atoms with Crippen LogP contribution in [0.15, 0.2) is 36.5 Å². The van der Waals surface area contributed by atoms with E-state index in [2.05, 4.69) is 10.4 Å². The lowest BCUT2D eigenvalue weighted by molar-refractivity contribution is -0.00196. The molecule has 1 aliphatic rings. The number of hydrogen-bond donors (Lipinski definition) is 2. The van der Waals surface area contributed by atoms with Crippen LogP contribution in [0.2, 0.25) is 0 Å². The fourth-order valence-corrected chi connectivity index (χ4v) is 4.12. The van der Waals surface area contributed by atoms with Crippen molar-refractivity contribution in [3.8, 4) is 0 Å². The predicted octanol–water partition coefficient (Wildman–Crippen LogP) is 2.15. The molecule has 3 rings (SSSR count). The van der Waals surface area contributed by atoms with Crippen molar-refractivity contribution in [1.29, 1.82) is 0 Å². The first-order valence-corrected chi connectivity index (χ1v) is 9.73. The number of aromatic nitrogens is 2. The summed E-state index contributed by atoms with van der Waals surface area (Å²) < 4.78 is 7.33. The van der Waals surface area contributed by atoms with Crippen molar-refractivity contribution in [2.75, 3.05) is 18.6 Å². The molecule has 134 valence electrons. The lowest BCUT2D eigenvalue weighted by atomic mass is 9.88. The van der Waals surface area contributed by atoms with Crippen LogP contribution >= 0.6 is 11.8 Å². The van der Waals surface area contributed by atoms with E-state index in [1.54, 1.807) is 22.6 Å². The second-order valence-corrected chi connectivity index (χ2v) is 7.11. The largest absolute Gasteiger partial charge is 0.383 e. The Balaban J connectivity index is 1.63. The van der Waals surface area contributed by atoms with Crippen molar-refractivity contribution in [2.45, 2.75) is 37.3 Å². The smallest absolute Gasteiger partial charge is 0.256 e. The van der Waals surface area contributed by atoms with E-state index < -0.39 is 0 Å². The number of ether oxygens (including phenoxy) is 1. The Hall–Kier alpha value is -1.99. The molecule has 7 heteroatoms. The second kappa shape index (κ2) is 7.93. The minimum absolute atomic E-state index is 0.107. The fourth-order valence-electron chi connectivity index (χ4n) is 3.11. The summed E-state index contributed by atoms with van der Waals surface area (Å²) >= 11 is 1.72. The summed E-state index contributed by atoms with van der Waals surface area (Å²) in [6.45, 7) is 3.23. The molecule has 1 aliphatic carbocycles. The van der Waals surface area contributed by atoms with Crippen LogP contribution < -0.4 is 11.1 Å². The van der Waals surface area contributed by atoms with Gasteiger partial charge in [0.15, 0.2) is 0 Å². The molecule has 6 nitrogen and oxygen atoms in total. The Morgan fingerprint density at radius 3 is 2.88 bits per heavy atom. The van der Waals surface area contributed by atoms with E-state index in [1.807, 2.05) is 43.5 Å². The predicted molar refractivity (Wildman–Crippen MR) is 101 cm³/mol. The van der Waals surface area contributed by atoms with Gasteiger partial charge in [-0.1, -0.05) is 30.3 Å². The van der Waals surface area contributed by atoms with Crippen LogP contribution in [0.3, 0.4) is 0 Å². The van der Waals surface area contributed by atoms with Crippen LogP contribution in [0.25, 0.3) is 0 Å². The maximum atomic E-state index is 12.6. The van der Waals surface area contributed by atoms with Gasteiger partial charge in [-0.25, -0.2) is 4.68 Å². The summed E-state index contributed by atoms with van der Waals surface area (Å²) in [6.07, 6.45) is 4.63. The van der Waals surface area contributed by atoms with Gasteiger partial charge in [0, 0.05) is 12.6 Å². The molecule has 0 spiro atoms. The SMILES string of the molecule is CCO[C@@H]1C[C@@H](NC(=O)c2cnn(Cc3ccccc3)c2N)[C@@H]1SC. The second-order valence-electron chi connectivity index (χ2n) is 6.10. The number of hydrogen-bond acceptors (Lipinski definition) is 5. The molecule has 0 bridgehead atoms. The Kier molecular flexibility index (Phi) is 5.65. The number of anilines is 1. The number of nitrogens with two attached hydrogens (primary N) is 1. The van der Waals surface area contributed by atoms with Crippen molar-refractivity contribution in [3.05, 3.63) is 47.7 Å². The highest BCUT2D eigenvalue weighted by Gasteiger charge is 2.42. The molecule has 3 N–H and O–H groups in total. The van der Waals surface area contributed by atoms with Gasteiger partial charge in [0.25, 0.3) is 5.91 Å². The van der Waals surface area contributed by atoms with E-state index >= 15 is 0 Å². The average molecular weight is 360 g/mol. The zero-order valence-electron chi connectivity index (χ0n) is 14.5. The van der Waals surface area contributed by atoms with Crippen molar-refractivity contribution >= 4 is 23.5 Å². The standard InChI is InChI=1S/C18H24N4O2S/c1-3-24-15-9-14(16(15)25-2)21-18(23)13-10-20-22(17(13)19)11-12-7-5-4-6-8-12/h4-8,10,14-16H,3,9,11,19H2,1-2H3,(H,21,23)/t14-,15-,16+/m1/s1. The van der Waals surface area contributed by atoms with Crippen molar-refractivity contribution in [2.24, 2.45) is 0 Å². The van der Waals surface area contributed by atoms with Gasteiger partial charge in [-0.15, -0.1) is 0 Å². The maximum Gasteiger partial charge on any atom is 0.256 e. The summed E-state index contributed by atoms with van der Waals surface area (Å²) in [5.74, 6) is 0.221. The molecule has 1 fully saturated rings. The van der Waals surface area contributed by atoms with Crippen LogP contribution in [0.5, 0.6) is 0 Å². The molecule has 3 atom stereocenters. The minimum atomic E-state index is -0.171. The molecule has 1 aromatic carbocycles.